The Kier molecular flexibility index (Phi) is 6.89. The topological polar surface area (TPSA) is 43.4 Å². The van der Waals surface area contributed by atoms with Gasteiger partial charge in [-0.05, 0) is 42.7 Å². The first-order valence-electron chi connectivity index (χ1n) is 10.8. The average Bonchev–Trinajstić information content (AvgIpc) is 2.70. The van der Waals surface area contributed by atoms with Gasteiger partial charge in [0.15, 0.2) is 5.78 Å². The summed E-state index contributed by atoms with van der Waals surface area (Å²) in [7, 11) is 0. The Labute approximate surface area is 174 Å². The van der Waals surface area contributed by atoms with Crippen molar-refractivity contribution in [2.24, 2.45) is 11.8 Å². The van der Waals surface area contributed by atoms with Crippen molar-refractivity contribution in [3.63, 3.8) is 0 Å². The number of Topliss-reactive ketones (excluding diaryl/α,β-unsaturated/α-hetero) is 1. The van der Waals surface area contributed by atoms with Crippen LogP contribution in [-0.4, -0.2) is 17.4 Å². The second-order valence-electron chi connectivity index (χ2n) is 8.73. The van der Waals surface area contributed by atoms with E-state index in [0.29, 0.717) is 25.2 Å². The molecule has 3 heteroatoms. The molecule has 3 rings (SSSR count). The SMILES string of the molecule is CCC(c1ccccc1)C1C(=O)CC(CCc2ccccc2)(CC(C)C)OC1=O. The number of benzene rings is 2. The van der Waals surface area contributed by atoms with Gasteiger partial charge in [0.1, 0.15) is 11.5 Å². The van der Waals surface area contributed by atoms with E-state index in [2.05, 4.69) is 26.0 Å². The molecule has 0 bridgehead atoms. The lowest BCUT2D eigenvalue weighted by Gasteiger charge is -2.41. The van der Waals surface area contributed by atoms with Gasteiger partial charge in [0.25, 0.3) is 0 Å². The summed E-state index contributed by atoms with van der Waals surface area (Å²) in [6.45, 7) is 6.27. The maximum absolute atomic E-state index is 13.3. The zero-order valence-electron chi connectivity index (χ0n) is 17.8. The summed E-state index contributed by atoms with van der Waals surface area (Å²) in [5.74, 6) is -0.780. The highest BCUT2D eigenvalue weighted by Gasteiger charge is 2.49. The van der Waals surface area contributed by atoms with Gasteiger partial charge < -0.3 is 4.74 Å². The van der Waals surface area contributed by atoms with Crippen molar-refractivity contribution in [2.75, 3.05) is 0 Å². The van der Waals surface area contributed by atoms with E-state index in [1.54, 1.807) is 0 Å². The molecule has 1 fully saturated rings. The van der Waals surface area contributed by atoms with E-state index in [0.717, 1.165) is 18.4 Å². The van der Waals surface area contributed by atoms with Crippen LogP contribution in [0.2, 0.25) is 0 Å². The number of hydrogen-bond acceptors (Lipinski definition) is 3. The third-order valence-corrected chi connectivity index (χ3v) is 5.98. The van der Waals surface area contributed by atoms with Gasteiger partial charge in [-0.2, -0.15) is 0 Å². The van der Waals surface area contributed by atoms with Gasteiger partial charge in [0, 0.05) is 12.3 Å². The van der Waals surface area contributed by atoms with Crippen LogP contribution in [0.1, 0.15) is 63.5 Å². The number of hydrogen-bond donors (Lipinski definition) is 0. The van der Waals surface area contributed by atoms with Crippen LogP contribution in [0.3, 0.4) is 0 Å². The third-order valence-electron chi connectivity index (χ3n) is 5.98. The van der Waals surface area contributed by atoms with E-state index in [1.807, 2.05) is 55.5 Å². The zero-order valence-corrected chi connectivity index (χ0v) is 17.8. The lowest BCUT2D eigenvalue weighted by molar-refractivity contribution is -0.181. The average molecular weight is 393 g/mol. The second-order valence-corrected chi connectivity index (χ2v) is 8.73. The van der Waals surface area contributed by atoms with Crippen LogP contribution in [0.4, 0.5) is 0 Å². The van der Waals surface area contributed by atoms with Crippen LogP contribution in [0.5, 0.6) is 0 Å². The summed E-state index contributed by atoms with van der Waals surface area (Å²) < 4.78 is 6.13. The van der Waals surface area contributed by atoms with Crippen molar-refractivity contribution in [2.45, 2.75) is 64.4 Å². The molecule has 0 amide bonds. The Balaban J connectivity index is 1.81. The van der Waals surface area contributed by atoms with Crippen molar-refractivity contribution in [1.29, 1.82) is 0 Å². The molecule has 1 heterocycles. The lowest BCUT2D eigenvalue weighted by Crippen LogP contribution is -2.50. The van der Waals surface area contributed by atoms with Gasteiger partial charge in [-0.15, -0.1) is 0 Å². The second kappa shape index (κ2) is 9.39. The standard InChI is InChI=1S/C26H32O3/c1-4-22(21-13-9-6-10-14-21)24-23(27)18-26(17-19(2)3,29-25(24)28)16-15-20-11-7-5-8-12-20/h5-14,19,22,24H,4,15-18H2,1-3H3. The zero-order chi connectivity index (χ0) is 20.9. The lowest BCUT2D eigenvalue weighted by atomic mass is 9.73. The molecule has 1 aliphatic rings. The monoisotopic (exact) mass is 392 g/mol. The van der Waals surface area contributed by atoms with E-state index >= 15 is 0 Å². The predicted molar refractivity (Wildman–Crippen MR) is 116 cm³/mol. The van der Waals surface area contributed by atoms with E-state index in [9.17, 15) is 9.59 Å². The smallest absolute Gasteiger partial charge is 0.317 e. The van der Waals surface area contributed by atoms with Crippen molar-refractivity contribution in [3.8, 4) is 0 Å². The molecule has 0 spiro atoms. The Hall–Kier alpha value is -2.42. The summed E-state index contributed by atoms with van der Waals surface area (Å²) in [4.78, 5) is 26.4. The molecule has 2 aromatic rings. The Morgan fingerprint density at radius 2 is 1.62 bits per heavy atom. The molecular formula is C26H32O3. The normalized spacial score (nSPS) is 23.1. The van der Waals surface area contributed by atoms with E-state index in [1.165, 1.54) is 5.56 Å². The van der Waals surface area contributed by atoms with Gasteiger partial charge in [-0.25, -0.2) is 0 Å². The number of aryl methyl sites for hydroxylation is 1. The molecule has 3 atom stereocenters. The van der Waals surface area contributed by atoms with Crippen molar-refractivity contribution >= 4 is 11.8 Å². The third kappa shape index (κ3) is 5.14. The fourth-order valence-electron chi connectivity index (χ4n) is 4.74. The number of rotatable bonds is 8. The summed E-state index contributed by atoms with van der Waals surface area (Å²) in [6.07, 6.45) is 3.25. The first-order valence-corrected chi connectivity index (χ1v) is 10.8. The van der Waals surface area contributed by atoms with Crippen LogP contribution < -0.4 is 0 Å². The Morgan fingerprint density at radius 1 is 1.00 bits per heavy atom. The molecule has 0 radical (unpaired) electrons. The molecule has 3 unspecified atom stereocenters. The van der Waals surface area contributed by atoms with Gasteiger partial charge in [-0.1, -0.05) is 81.4 Å². The number of carbonyl (C=O) groups is 2. The molecule has 0 aliphatic carbocycles. The number of esters is 1. The molecule has 154 valence electrons. The highest BCUT2D eigenvalue weighted by atomic mass is 16.6. The van der Waals surface area contributed by atoms with Crippen molar-refractivity contribution in [1.82, 2.24) is 0 Å². The van der Waals surface area contributed by atoms with E-state index < -0.39 is 11.5 Å². The highest BCUT2D eigenvalue weighted by Crippen LogP contribution is 2.41. The van der Waals surface area contributed by atoms with Crippen LogP contribution in [-0.2, 0) is 20.7 Å². The summed E-state index contributed by atoms with van der Waals surface area (Å²) in [5.41, 5.74) is 1.55. The molecular weight excluding hydrogens is 360 g/mol. The fourth-order valence-corrected chi connectivity index (χ4v) is 4.74. The van der Waals surface area contributed by atoms with Crippen molar-refractivity contribution in [3.05, 3.63) is 71.8 Å². The fraction of sp³-hybridized carbons (Fsp3) is 0.462. The van der Waals surface area contributed by atoms with Crippen LogP contribution in [0.25, 0.3) is 0 Å². The maximum atomic E-state index is 13.3. The van der Waals surface area contributed by atoms with Gasteiger partial charge in [0.2, 0.25) is 0 Å². The van der Waals surface area contributed by atoms with Crippen LogP contribution in [0, 0.1) is 11.8 Å². The minimum Gasteiger partial charge on any atom is -0.458 e. The number of ether oxygens (including phenoxy) is 1. The first-order chi connectivity index (χ1) is 13.9. The minimum atomic E-state index is -0.695. The number of cyclic esters (lactones) is 1. The van der Waals surface area contributed by atoms with Crippen molar-refractivity contribution < 1.29 is 14.3 Å². The molecule has 2 aromatic carbocycles. The maximum Gasteiger partial charge on any atom is 0.317 e. The van der Waals surface area contributed by atoms with Crippen LogP contribution in [0.15, 0.2) is 60.7 Å². The molecule has 0 aromatic heterocycles. The van der Waals surface area contributed by atoms with E-state index in [-0.39, 0.29) is 17.7 Å². The molecule has 29 heavy (non-hydrogen) atoms. The van der Waals surface area contributed by atoms with E-state index in [4.69, 9.17) is 4.74 Å². The summed E-state index contributed by atoms with van der Waals surface area (Å²) in [6, 6.07) is 20.1. The molecule has 0 N–H and O–H groups in total. The number of carbonyl (C=O) groups excluding carboxylic acids is 2. The largest absolute Gasteiger partial charge is 0.458 e. The molecule has 1 saturated heterocycles. The minimum absolute atomic E-state index is 0.0330. The van der Waals surface area contributed by atoms with Crippen LogP contribution >= 0.6 is 0 Å². The predicted octanol–water partition coefficient (Wildman–Crippen LogP) is 5.73. The first kappa shape index (κ1) is 21.3. The Morgan fingerprint density at radius 3 is 2.17 bits per heavy atom. The van der Waals surface area contributed by atoms with Gasteiger partial charge in [0.05, 0.1) is 0 Å². The summed E-state index contributed by atoms with van der Waals surface area (Å²) in [5, 5.41) is 0. The number of ketones is 1. The van der Waals surface area contributed by atoms with Gasteiger partial charge >= 0.3 is 5.97 Å². The molecule has 0 saturated carbocycles. The molecule has 3 nitrogen and oxygen atoms in total. The summed E-state index contributed by atoms with van der Waals surface area (Å²) >= 11 is 0. The highest BCUT2D eigenvalue weighted by molar-refractivity contribution is 6.02. The quantitative estimate of drug-likeness (QED) is 0.426. The van der Waals surface area contributed by atoms with Gasteiger partial charge in [-0.3, -0.25) is 9.59 Å². The molecule has 1 aliphatic heterocycles. The Bertz CT molecular complexity index is 792.